The van der Waals surface area contributed by atoms with Crippen molar-refractivity contribution in [1.29, 1.82) is 0 Å². The summed E-state index contributed by atoms with van der Waals surface area (Å²) in [6, 6.07) is 22.6. The summed E-state index contributed by atoms with van der Waals surface area (Å²) in [5.74, 6) is 1.43. The summed E-state index contributed by atoms with van der Waals surface area (Å²) >= 11 is 6.12. The largest absolute Gasteiger partial charge is 0.495 e. The van der Waals surface area contributed by atoms with E-state index in [2.05, 4.69) is 15.5 Å². The molecule has 1 amide bonds. The zero-order valence-corrected chi connectivity index (χ0v) is 19.3. The molecule has 2 heterocycles. The third kappa shape index (κ3) is 3.99. The third-order valence-corrected chi connectivity index (χ3v) is 5.70. The number of para-hydroxylation sites is 3. The van der Waals surface area contributed by atoms with Crippen molar-refractivity contribution in [2.24, 2.45) is 5.10 Å². The molecule has 5 rings (SSSR count). The molecule has 0 aliphatic carbocycles. The van der Waals surface area contributed by atoms with E-state index in [0.717, 1.165) is 16.8 Å². The van der Waals surface area contributed by atoms with Gasteiger partial charge in [-0.25, -0.2) is 5.01 Å². The lowest BCUT2D eigenvalue weighted by Gasteiger charge is -2.18. The molecule has 1 aromatic heterocycles. The smallest absolute Gasteiger partial charge is 0.252 e. The number of hydrazone groups is 1. The molecule has 3 aromatic carbocycles. The molecule has 0 radical (unpaired) electrons. The van der Waals surface area contributed by atoms with Crippen molar-refractivity contribution in [3.63, 3.8) is 0 Å². The van der Waals surface area contributed by atoms with Crippen LogP contribution >= 0.6 is 11.6 Å². The van der Waals surface area contributed by atoms with Crippen LogP contribution in [-0.2, 0) is 4.79 Å². The van der Waals surface area contributed by atoms with Gasteiger partial charge in [0.25, 0.3) is 5.95 Å². The number of anilines is 2. The number of nitrogens with zero attached hydrogens (tertiary/aromatic N) is 5. The standard InChI is InChI=1S/C25H21ClN6O2/c1-16-28-29-25-31(15-23(33)27-20-8-4-6-10-22(20)34-2)30-24(17-11-13-18(26)14-12-17)19-7-3-5-9-21(19)32(16)25/h3-14H,15H2,1-2H3,(H,27,33). The van der Waals surface area contributed by atoms with Gasteiger partial charge in [0.15, 0.2) is 0 Å². The number of benzene rings is 3. The number of hydrogen-bond acceptors (Lipinski definition) is 6. The van der Waals surface area contributed by atoms with Gasteiger partial charge in [0, 0.05) is 16.1 Å². The molecule has 8 nitrogen and oxygen atoms in total. The molecule has 0 atom stereocenters. The topological polar surface area (TPSA) is 84.6 Å². The lowest BCUT2D eigenvalue weighted by Crippen LogP contribution is -2.31. The lowest BCUT2D eigenvalue weighted by molar-refractivity contribution is -0.115. The molecule has 0 saturated heterocycles. The van der Waals surface area contributed by atoms with Gasteiger partial charge in [-0.15, -0.1) is 10.2 Å². The van der Waals surface area contributed by atoms with Gasteiger partial charge in [0.2, 0.25) is 5.91 Å². The fraction of sp³-hybridized carbons (Fsp3) is 0.120. The second kappa shape index (κ2) is 8.99. The third-order valence-electron chi connectivity index (χ3n) is 5.45. The molecule has 170 valence electrons. The molecule has 0 fully saturated rings. The van der Waals surface area contributed by atoms with E-state index < -0.39 is 0 Å². The minimum absolute atomic E-state index is 0.0821. The van der Waals surface area contributed by atoms with E-state index in [1.54, 1.807) is 24.3 Å². The van der Waals surface area contributed by atoms with Gasteiger partial charge < -0.3 is 10.1 Å². The fourth-order valence-electron chi connectivity index (χ4n) is 3.89. The van der Waals surface area contributed by atoms with Crippen molar-refractivity contribution in [2.75, 3.05) is 24.0 Å². The number of halogens is 1. The second-order valence-electron chi connectivity index (χ2n) is 7.66. The minimum Gasteiger partial charge on any atom is -0.495 e. The molecule has 1 aliphatic heterocycles. The lowest BCUT2D eigenvalue weighted by atomic mass is 10.0. The summed E-state index contributed by atoms with van der Waals surface area (Å²) in [6.45, 7) is 1.79. The van der Waals surface area contributed by atoms with Crippen molar-refractivity contribution >= 4 is 34.9 Å². The van der Waals surface area contributed by atoms with Gasteiger partial charge in [-0.05, 0) is 37.3 Å². The number of fused-ring (bicyclic) bond motifs is 3. The summed E-state index contributed by atoms with van der Waals surface area (Å²) in [6.07, 6.45) is 0. The van der Waals surface area contributed by atoms with Crippen LogP contribution in [0.2, 0.25) is 5.02 Å². The van der Waals surface area contributed by atoms with Crippen LogP contribution in [0.4, 0.5) is 11.6 Å². The van der Waals surface area contributed by atoms with E-state index >= 15 is 0 Å². The number of hydrogen-bond donors (Lipinski definition) is 1. The van der Waals surface area contributed by atoms with Crippen LogP contribution in [0.3, 0.4) is 0 Å². The Hall–Kier alpha value is -4.17. The quantitative estimate of drug-likeness (QED) is 0.464. The normalized spacial score (nSPS) is 12.3. The number of nitrogens with one attached hydrogen (secondary N) is 1. The SMILES string of the molecule is COc1ccccc1NC(=O)CN1N=C(c2ccc(Cl)cc2)c2ccccc2-n2c(C)nnc21. The van der Waals surface area contributed by atoms with Crippen LogP contribution in [0.5, 0.6) is 5.75 Å². The second-order valence-corrected chi connectivity index (χ2v) is 8.10. The number of aryl methyl sites for hydroxylation is 1. The van der Waals surface area contributed by atoms with Crippen LogP contribution in [0, 0.1) is 6.92 Å². The molecule has 0 unspecified atom stereocenters. The van der Waals surface area contributed by atoms with E-state index in [-0.39, 0.29) is 12.5 Å². The van der Waals surface area contributed by atoms with Crippen LogP contribution in [-0.4, -0.2) is 40.0 Å². The first kappa shape index (κ1) is 21.7. The molecule has 34 heavy (non-hydrogen) atoms. The molecule has 0 spiro atoms. The first-order valence-corrected chi connectivity index (χ1v) is 11.0. The molecule has 1 N–H and O–H groups in total. The molecule has 1 aliphatic rings. The summed E-state index contributed by atoms with van der Waals surface area (Å²) in [7, 11) is 1.56. The maximum absolute atomic E-state index is 13.1. The number of carbonyl (C=O) groups excluding carboxylic acids is 1. The predicted octanol–water partition coefficient (Wildman–Crippen LogP) is 4.45. The average molecular weight is 473 g/mol. The highest BCUT2D eigenvalue weighted by Crippen LogP contribution is 2.30. The average Bonchev–Trinajstić information content (AvgIpc) is 3.17. The van der Waals surface area contributed by atoms with Crippen molar-refractivity contribution in [3.8, 4) is 11.4 Å². The van der Waals surface area contributed by atoms with E-state index in [1.807, 2.05) is 72.2 Å². The maximum Gasteiger partial charge on any atom is 0.252 e. The van der Waals surface area contributed by atoms with Crippen LogP contribution in [0.1, 0.15) is 17.0 Å². The molecule has 0 bridgehead atoms. The Morgan fingerprint density at radius 3 is 2.53 bits per heavy atom. The highest BCUT2D eigenvalue weighted by atomic mass is 35.5. The molecule has 0 saturated carbocycles. The summed E-state index contributed by atoms with van der Waals surface area (Å²) < 4.78 is 7.25. The summed E-state index contributed by atoms with van der Waals surface area (Å²) in [5, 5.41) is 18.6. The van der Waals surface area contributed by atoms with Gasteiger partial charge in [0.05, 0.1) is 18.5 Å². The minimum atomic E-state index is -0.276. The van der Waals surface area contributed by atoms with Crippen molar-refractivity contribution in [3.05, 3.63) is 94.8 Å². The van der Waals surface area contributed by atoms with Crippen LogP contribution in [0.15, 0.2) is 77.9 Å². The van der Waals surface area contributed by atoms with Gasteiger partial charge in [0.1, 0.15) is 23.8 Å². The Balaban J connectivity index is 1.58. The van der Waals surface area contributed by atoms with E-state index in [4.69, 9.17) is 21.4 Å². The first-order valence-electron chi connectivity index (χ1n) is 10.6. The first-order chi connectivity index (χ1) is 16.5. The Morgan fingerprint density at radius 1 is 1.00 bits per heavy atom. The van der Waals surface area contributed by atoms with Gasteiger partial charge >= 0.3 is 0 Å². The van der Waals surface area contributed by atoms with E-state index in [1.165, 1.54) is 0 Å². The van der Waals surface area contributed by atoms with Crippen molar-refractivity contribution < 1.29 is 9.53 Å². The number of methoxy groups -OCH3 is 1. The monoisotopic (exact) mass is 472 g/mol. The predicted molar refractivity (Wildman–Crippen MR) is 132 cm³/mol. The zero-order valence-electron chi connectivity index (χ0n) is 18.6. The highest BCUT2D eigenvalue weighted by Gasteiger charge is 2.27. The fourth-order valence-corrected chi connectivity index (χ4v) is 4.02. The van der Waals surface area contributed by atoms with E-state index in [0.29, 0.717) is 33.9 Å². The van der Waals surface area contributed by atoms with Gasteiger partial charge in [-0.3, -0.25) is 9.36 Å². The summed E-state index contributed by atoms with van der Waals surface area (Å²) in [5.41, 5.74) is 3.90. The highest BCUT2D eigenvalue weighted by molar-refractivity contribution is 6.30. The number of aromatic nitrogens is 3. The summed E-state index contributed by atoms with van der Waals surface area (Å²) in [4.78, 5) is 13.1. The van der Waals surface area contributed by atoms with Crippen molar-refractivity contribution in [2.45, 2.75) is 6.92 Å². The Morgan fingerprint density at radius 2 is 1.74 bits per heavy atom. The van der Waals surface area contributed by atoms with Crippen molar-refractivity contribution in [1.82, 2.24) is 14.8 Å². The number of amides is 1. The number of ether oxygens (including phenoxy) is 1. The van der Waals surface area contributed by atoms with E-state index in [9.17, 15) is 4.79 Å². The number of rotatable bonds is 5. The maximum atomic E-state index is 13.1. The van der Waals surface area contributed by atoms with Crippen LogP contribution < -0.4 is 15.1 Å². The van der Waals surface area contributed by atoms with Crippen LogP contribution in [0.25, 0.3) is 5.69 Å². The Labute approximate surface area is 201 Å². The molecule has 4 aromatic rings. The van der Waals surface area contributed by atoms with Gasteiger partial charge in [-0.2, -0.15) is 5.10 Å². The van der Waals surface area contributed by atoms with Gasteiger partial charge in [-0.1, -0.05) is 54.1 Å². The molecular weight excluding hydrogens is 452 g/mol. The Bertz CT molecular complexity index is 1400. The molecule has 9 heteroatoms. The number of carbonyl (C=O) groups is 1. The zero-order chi connectivity index (χ0) is 23.7. The Kier molecular flexibility index (Phi) is 5.73. The molecular formula is C25H21ClN6O2.